The zero-order chi connectivity index (χ0) is 11.3. The monoisotopic (exact) mass is 212 g/mol. The summed E-state index contributed by atoms with van der Waals surface area (Å²) in [5, 5.41) is 9.46. The van der Waals surface area contributed by atoms with Crippen molar-refractivity contribution in [3.8, 4) is 5.88 Å². The number of hydrogen-bond acceptors (Lipinski definition) is 4. The molecule has 1 heterocycles. The van der Waals surface area contributed by atoms with Crippen LogP contribution in [0.1, 0.15) is 25.2 Å². The maximum Gasteiger partial charge on any atom is 0.257 e. The van der Waals surface area contributed by atoms with Gasteiger partial charge in [-0.25, -0.2) is 0 Å². The molecule has 1 aromatic rings. The van der Waals surface area contributed by atoms with E-state index in [1.54, 1.807) is 6.92 Å². The van der Waals surface area contributed by atoms with Crippen molar-refractivity contribution in [2.75, 3.05) is 13.2 Å². The van der Waals surface area contributed by atoms with E-state index in [1.807, 2.05) is 6.92 Å². The zero-order valence-electron chi connectivity index (χ0n) is 9.04. The molecule has 0 atom stereocenters. The Labute approximate surface area is 88.1 Å². The highest BCUT2D eigenvalue weighted by molar-refractivity contribution is 5.22. The molecule has 0 aromatic carbocycles. The first-order valence-corrected chi connectivity index (χ1v) is 5.07. The van der Waals surface area contributed by atoms with Gasteiger partial charge in [-0.3, -0.25) is 4.79 Å². The summed E-state index contributed by atoms with van der Waals surface area (Å²) in [4.78, 5) is 17.9. The molecule has 0 fully saturated rings. The zero-order valence-corrected chi connectivity index (χ0v) is 9.04. The summed E-state index contributed by atoms with van der Waals surface area (Å²) < 4.78 is 5.13. The fraction of sp³-hybridized carbons (Fsp3) is 0.600. The maximum atomic E-state index is 11.4. The molecule has 0 unspecified atom stereocenters. The van der Waals surface area contributed by atoms with E-state index in [0.717, 1.165) is 0 Å². The van der Waals surface area contributed by atoms with Crippen LogP contribution in [0.4, 0.5) is 0 Å². The van der Waals surface area contributed by atoms with Gasteiger partial charge in [0.1, 0.15) is 5.82 Å². The number of H-pyrrole nitrogens is 1. The Bertz CT molecular complexity index is 373. The first kappa shape index (κ1) is 11.7. The summed E-state index contributed by atoms with van der Waals surface area (Å²) in [5.74, 6) is 0.288. The predicted octanol–water partition coefficient (Wildman–Crippen LogP) is 0.617. The minimum Gasteiger partial charge on any atom is -0.493 e. The van der Waals surface area contributed by atoms with Crippen molar-refractivity contribution >= 4 is 0 Å². The third kappa shape index (κ3) is 3.06. The molecular formula is C10H16N2O3. The van der Waals surface area contributed by atoms with Gasteiger partial charge in [-0.1, -0.05) is 6.92 Å². The lowest BCUT2D eigenvalue weighted by Gasteiger charge is -2.04. The van der Waals surface area contributed by atoms with Crippen molar-refractivity contribution in [2.24, 2.45) is 0 Å². The molecule has 0 aliphatic carbocycles. The van der Waals surface area contributed by atoms with Gasteiger partial charge < -0.3 is 14.8 Å². The second-order valence-corrected chi connectivity index (χ2v) is 3.12. The van der Waals surface area contributed by atoms with Gasteiger partial charge in [0.25, 0.3) is 5.56 Å². The maximum absolute atomic E-state index is 11.4. The van der Waals surface area contributed by atoms with Crippen LogP contribution in [-0.4, -0.2) is 28.3 Å². The predicted molar refractivity (Wildman–Crippen MR) is 56.1 cm³/mol. The molecule has 0 saturated carbocycles. The molecule has 0 bridgehead atoms. The molecule has 5 heteroatoms. The number of nitrogens with zero attached hydrogens (tertiary/aromatic N) is 1. The van der Waals surface area contributed by atoms with Crippen molar-refractivity contribution < 1.29 is 9.84 Å². The molecule has 5 nitrogen and oxygen atoms in total. The van der Waals surface area contributed by atoms with E-state index in [9.17, 15) is 9.90 Å². The highest BCUT2D eigenvalue weighted by Crippen LogP contribution is 2.08. The van der Waals surface area contributed by atoms with Gasteiger partial charge in [-0.05, 0) is 13.3 Å². The summed E-state index contributed by atoms with van der Waals surface area (Å²) in [7, 11) is 0. The quantitative estimate of drug-likeness (QED) is 0.701. The van der Waals surface area contributed by atoms with Gasteiger partial charge >= 0.3 is 0 Å². The molecule has 0 saturated heterocycles. The normalized spacial score (nSPS) is 10.5. The fourth-order valence-corrected chi connectivity index (χ4v) is 1.28. The molecule has 0 amide bonds. The van der Waals surface area contributed by atoms with Gasteiger partial charge in [0.15, 0.2) is 0 Å². The van der Waals surface area contributed by atoms with Gasteiger partial charge in [-0.15, -0.1) is 0 Å². The lowest BCUT2D eigenvalue weighted by Crippen LogP contribution is -2.17. The van der Waals surface area contributed by atoms with Gasteiger partial charge in [0, 0.05) is 13.0 Å². The Morgan fingerprint density at radius 1 is 1.47 bits per heavy atom. The largest absolute Gasteiger partial charge is 0.493 e. The number of ether oxygens (including phenoxy) is 1. The van der Waals surface area contributed by atoms with Crippen molar-refractivity contribution in [2.45, 2.75) is 26.7 Å². The standard InChI is InChI=1S/C10H16N2O3/c1-3-7-9(13)11-8(12-10(7)14)5-6-15-4-2/h3-6H2,1-2H3,(H2,11,12,13,14). The fourth-order valence-electron chi connectivity index (χ4n) is 1.28. The molecule has 15 heavy (non-hydrogen) atoms. The summed E-state index contributed by atoms with van der Waals surface area (Å²) in [6.45, 7) is 4.81. The number of rotatable bonds is 5. The minimum absolute atomic E-state index is 0.173. The Hall–Kier alpha value is -1.36. The number of aromatic hydroxyl groups is 1. The number of hydrogen-bond donors (Lipinski definition) is 2. The van der Waals surface area contributed by atoms with Crippen LogP contribution in [0.15, 0.2) is 4.79 Å². The van der Waals surface area contributed by atoms with Gasteiger partial charge in [-0.2, -0.15) is 4.98 Å². The van der Waals surface area contributed by atoms with Crippen LogP contribution in [0.3, 0.4) is 0 Å². The van der Waals surface area contributed by atoms with Crippen molar-refractivity contribution in [1.29, 1.82) is 0 Å². The molecule has 0 aliphatic rings. The molecular weight excluding hydrogens is 196 g/mol. The Kier molecular flexibility index (Phi) is 4.30. The van der Waals surface area contributed by atoms with E-state index in [-0.39, 0.29) is 11.4 Å². The summed E-state index contributed by atoms with van der Waals surface area (Å²) >= 11 is 0. The Balaban J connectivity index is 2.80. The van der Waals surface area contributed by atoms with E-state index in [1.165, 1.54) is 0 Å². The molecule has 1 rings (SSSR count). The van der Waals surface area contributed by atoms with Gasteiger partial charge in [0.05, 0.1) is 12.2 Å². The third-order valence-corrected chi connectivity index (χ3v) is 2.08. The average molecular weight is 212 g/mol. The molecule has 2 N–H and O–H groups in total. The SMILES string of the molecule is CCOCCc1nc(O)c(CC)c(=O)[nH]1. The second kappa shape index (κ2) is 5.50. The molecule has 1 aromatic heterocycles. The molecule has 0 radical (unpaired) electrons. The van der Waals surface area contributed by atoms with E-state index in [0.29, 0.717) is 37.4 Å². The van der Waals surface area contributed by atoms with Crippen LogP contribution in [0, 0.1) is 0 Å². The van der Waals surface area contributed by atoms with Crippen molar-refractivity contribution in [3.05, 3.63) is 21.7 Å². The molecule has 84 valence electrons. The first-order chi connectivity index (χ1) is 7.19. The molecule has 0 aliphatic heterocycles. The lowest BCUT2D eigenvalue weighted by atomic mass is 10.2. The number of aromatic amines is 1. The Morgan fingerprint density at radius 2 is 2.20 bits per heavy atom. The van der Waals surface area contributed by atoms with Crippen LogP contribution in [0.2, 0.25) is 0 Å². The van der Waals surface area contributed by atoms with Crippen molar-refractivity contribution in [1.82, 2.24) is 9.97 Å². The average Bonchev–Trinajstić information content (AvgIpc) is 2.18. The summed E-state index contributed by atoms with van der Waals surface area (Å²) in [6, 6.07) is 0. The van der Waals surface area contributed by atoms with Crippen molar-refractivity contribution in [3.63, 3.8) is 0 Å². The van der Waals surface area contributed by atoms with Crippen LogP contribution >= 0.6 is 0 Å². The molecule has 0 spiro atoms. The number of aromatic nitrogens is 2. The third-order valence-electron chi connectivity index (χ3n) is 2.08. The summed E-state index contributed by atoms with van der Waals surface area (Å²) in [5.41, 5.74) is 0.0617. The highest BCUT2D eigenvalue weighted by atomic mass is 16.5. The Morgan fingerprint density at radius 3 is 2.73 bits per heavy atom. The van der Waals surface area contributed by atoms with Crippen LogP contribution in [-0.2, 0) is 17.6 Å². The van der Waals surface area contributed by atoms with Gasteiger partial charge in [0.2, 0.25) is 5.88 Å². The van der Waals surface area contributed by atoms with E-state index < -0.39 is 0 Å². The lowest BCUT2D eigenvalue weighted by molar-refractivity contribution is 0.149. The first-order valence-electron chi connectivity index (χ1n) is 5.07. The van der Waals surface area contributed by atoms with E-state index in [2.05, 4.69) is 9.97 Å². The number of nitrogens with one attached hydrogen (secondary N) is 1. The summed E-state index contributed by atoms with van der Waals surface area (Å²) in [6.07, 6.45) is 0.973. The van der Waals surface area contributed by atoms with Crippen LogP contribution in [0.25, 0.3) is 0 Å². The topological polar surface area (TPSA) is 75.2 Å². The van der Waals surface area contributed by atoms with E-state index in [4.69, 9.17) is 4.74 Å². The highest BCUT2D eigenvalue weighted by Gasteiger charge is 2.08. The van der Waals surface area contributed by atoms with Crippen LogP contribution < -0.4 is 5.56 Å². The minimum atomic E-state index is -0.267. The second-order valence-electron chi connectivity index (χ2n) is 3.12. The van der Waals surface area contributed by atoms with Crippen LogP contribution in [0.5, 0.6) is 5.88 Å². The smallest absolute Gasteiger partial charge is 0.257 e. The van der Waals surface area contributed by atoms with E-state index >= 15 is 0 Å².